The summed E-state index contributed by atoms with van der Waals surface area (Å²) in [5.74, 6) is 6.85. The van der Waals surface area contributed by atoms with Crippen molar-refractivity contribution in [3.63, 3.8) is 0 Å². The number of nitrogens with zero attached hydrogens (tertiary/aromatic N) is 2. The van der Waals surface area contributed by atoms with E-state index in [1.807, 2.05) is 13.8 Å². The average molecular weight is 210 g/mol. The highest BCUT2D eigenvalue weighted by atomic mass is 15.3. The van der Waals surface area contributed by atoms with Gasteiger partial charge in [-0.1, -0.05) is 0 Å². The number of aliphatic imine (C=N–C) groups is 1. The Morgan fingerprint density at radius 1 is 1.67 bits per heavy atom. The third kappa shape index (κ3) is 4.46. The van der Waals surface area contributed by atoms with Gasteiger partial charge in [-0.3, -0.25) is 10.4 Å². The number of aromatic amines is 1. The van der Waals surface area contributed by atoms with Gasteiger partial charge in [0.2, 0.25) is 5.96 Å². The van der Waals surface area contributed by atoms with Gasteiger partial charge in [-0.25, -0.2) is 10.8 Å². The number of hydrogen-bond donors (Lipinski definition) is 4. The molecule has 0 spiro atoms. The van der Waals surface area contributed by atoms with Crippen LogP contribution in [0.4, 0.5) is 0 Å². The first kappa shape index (κ1) is 11.5. The van der Waals surface area contributed by atoms with Crippen LogP contribution in [-0.2, 0) is 6.42 Å². The molecule has 1 aromatic heterocycles. The Labute approximate surface area is 89.4 Å². The molecule has 0 atom stereocenters. The molecule has 1 aromatic rings. The first-order valence-corrected chi connectivity index (χ1v) is 4.98. The average Bonchev–Trinajstić information content (AvgIpc) is 2.68. The predicted octanol–water partition coefficient (Wildman–Crippen LogP) is -0.230. The molecular formula is C9H18N6. The fourth-order valence-electron chi connectivity index (χ4n) is 1.11. The SMILES string of the molecule is CC(C)NC(=NCCc1ncc[nH]1)NN. The number of rotatable bonds is 4. The minimum absolute atomic E-state index is 0.309. The third-order valence-electron chi connectivity index (χ3n) is 1.74. The van der Waals surface area contributed by atoms with Crippen molar-refractivity contribution in [3.8, 4) is 0 Å². The van der Waals surface area contributed by atoms with E-state index in [4.69, 9.17) is 5.84 Å². The van der Waals surface area contributed by atoms with Crippen LogP contribution in [0.5, 0.6) is 0 Å². The molecule has 0 fully saturated rings. The van der Waals surface area contributed by atoms with E-state index in [0.29, 0.717) is 18.5 Å². The summed E-state index contributed by atoms with van der Waals surface area (Å²) in [5, 5.41) is 3.09. The standard InChI is InChI=1S/C9H18N6/c1-7(2)14-9(15-10)13-4-3-8-11-5-6-12-8/h5-7H,3-4,10H2,1-2H3,(H,11,12)(H2,13,14,15). The molecule has 0 aliphatic rings. The zero-order valence-corrected chi connectivity index (χ0v) is 9.12. The van der Waals surface area contributed by atoms with Gasteiger partial charge in [-0.2, -0.15) is 0 Å². The van der Waals surface area contributed by atoms with Crippen LogP contribution in [0.3, 0.4) is 0 Å². The van der Waals surface area contributed by atoms with Gasteiger partial charge >= 0.3 is 0 Å². The first-order chi connectivity index (χ1) is 7.22. The molecule has 0 saturated heterocycles. The van der Waals surface area contributed by atoms with E-state index in [9.17, 15) is 0 Å². The maximum atomic E-state index is 5.31. The van der Waals surface area contributed by atoms with Gasteiger partial charge in [0.05, 0.1) is 0 Å². The molecule has 0 aromatic carbocycles. The summed E-state index contributed by atoms with van der Waals surface area (Å²) < 4.78 is 0. The minimum Gasteiger partial charge on any atom is -0.353 e. The van der Waals surface area contributed by atoms with Gasteiger partial charge in [-0.15, -0.1) is 0 Å². The number of H-pyrrole nitrogens is 1. The lowest BCUT2D eigenvalue weighted by molar-refractivity contribution is 0.701. The molecule has 0 bridgehead atoms. The largest absolute Gasteiger partial charge is 0.353 e. The molecule has 5 N–H and O–H groups in total. The lowest BCUT2D eigenvalue weighted by Crippen LogP contribution is -2.44. The van der Waals surface area contributed by atoms with Crippen molar-refractivity contribution in [2.75, 3.05) is 6.54 Å². The van der Waals surface area contributed by atoms with Crippen molar-refractivity contribution < 1.29 is 0 Å². The Morgan fingerprint density at radius 2 is 2.47 bits per heavy atom. The van der Waals surface area contributed by atoms with E-state index in [2.05, 4.69) is 25.7 Å². The normalized spacial score (nSPS) is 11.9. The maximum absolute atomic E-state index is 5.31. The van der Waals surface area contributed by atoms with Crippen LogP contribution in [0.1, 0.15) is 19.7 Å². The lowest BCUT2D eigenvalue weighted by Gasteiger charge is -2.11. The van der Waals surface area contributed by atoms with Gasteiger partial charge in [0, 0.05) is 31.4 Å². The van der Waals surface area contributed by atoms with Crippen LogP contribution in [0, 0.1) is 0 Å². The minimum atomic E-state index is 0.309. The molecule has 1 heterocycles. The third-order valence-corrected chi connectivity index (χ3v) is 1.74. The molecule has 6 nitrogen and oxygen atoms in total. The van der Waals surface area contributed by atoms with Gasteiger partial charge in [0.1, 0.15) is 5.82 Å². The summed E-state index contributed by atoms with van der Waals surface area (Å²) in [6.07, 6.45) is 4.30. The monoisotopic (exact) mass is 210 g/mol. The molecule has 15 heavy (non-hydrogen) atoms. The van der Waals surface area contributed by atoms with Crippen LogP contribution < -0.4 is 16.6 Å². The summed E-state index contributed by atoms with van der Waals surface area (Å²) >= 11 is 0. The van der Waals surface area contributed by atoms with E-state index >= 15 is 0 Å². The van der Waals surface area contributed by atoms with Gasteiger partial charge < -0.3 is 10.3 Å². The van der Waals surface area contributed by atoms with E-state index in [1.54, 1.807) is 12.4 Å². The Morgan fingerprint density at radius 3 is 3.00 bits per heavy atom. The highest BCUT2D eigenvalue weighted by Crippen LogP contribution is 1.90. The van der Waals surface area contributed by atoms with Crippen LogP contribution in [0.15, 0.2) is 17.4 Å². The van der Waals surface area contributed by atoms with Crippen LogP contribution >= 0.6 is 0 Å². The highest BCUT2D eigenvalue weighted by molar-refractivity contribution is 5.79. The van der Waals surface area contributed by atoms with E-state index in [-0.39, 0.29) is 0 Å². The van der Waals surface area contributed by atoms with Crippen molar-refractivity contribution in [2.24, 2.45) is 10.8 Å². The molecule has 0 aliphatic heterocycles. The second-order valence-electron chi connectivity index (χ2n) is 3.46. The van der Waals surface area contributed by atoms with Crippen molar-refractivity contribution in [2.45, 2.75) is 26.3 Å². The number of imidazole rings is 1. The summed E-state index contributed by atoms with van der Waals surface area (Å²) in [6.45, 7) is 4.70. The Hall–Kier alpha value is -1.56. The summed E-state index contributed by atoms with van der Waals surface area (Å²) in [5.41, 5.74) is 2.52. The Kier molecular flexibility index (Phi) is 4.62. The van der Waals surface area contributed by atoms with Crippen LogP contribution in [0.2, 0.25) is 0 Å². The van der Waals surface area contributed by atoms with Crippen molar-refractivity contribution in [1.29, 1.82) is 0 Å². The van der Waals surface area contributed by atoms with Gasteiger partial charge in [0.15, 0.2) is 0 Å². The molecule has 0 aliphatic carbocycles. The topological polar surface area (TPSA) is 91.1 Å². The number of nitrogens with two attached hydrogens (primary N) is 1. The fourth-order valence-corrected chi connectivity index (χ4v) is 1.11. The molecular weight excluding hydrogens is 192 g/mol. The zero-order chi connectivity index (χ0) is 11.1. The second kappa shape index (κ2) is 6.02. The molecule has 1 rings (SSSR count). The van der Waals surface area contributed by atoms with Crippen LogP contribution in [0.25, 0.3) is 0 Å². The van der Waals surface area contributed by atoms with Crippen LogP contribution in [-0.4, -0.2) is 28.5 Å². The summed E-state index contributed by atoms with van der Waals surface area (Å²) in [6, 6.07) is 0.309. The highest BCUT2D eigenvalue weighted by Gasteiger charge is 1.98. The van der Waals surface area contributed by atoms with E-state index in [1.165, 1.54) is 0 Å². The zero-order valence-electron chi connectivity index (χ0n) is 9.12. The van der Waals surface area contributed by atoms with E-state index < -0.39 is 0 Å². The number of hydrogen-bond acceptors (Lipinski definition) is 3. The van der Waals surface area contributed by atoms with E-state index in [0.717, 1.165) is 12.2 Å². The second-order valence-corrected chi connectivity index (χ2v) is 3.46. The fraction of sp³-hybridized carbons (Fsp3) is 0.556. The first-order valence-electron chi connectivity index (χ1n) is 4.98. The molecule has 0 unspecified atom stereocenters. The predicted molar refractivity (Wildman–Crippen MR) is 60.2 cm³/mol. The molecule has 0 radical (unpaired) electrons. The maximum Gasteiger partial charge on any atom is 0.205 e. The van der Waals surface area contributed by atoms with Crippen molar-refractivity contribution in [1.82, 2.24) is 20.7 Å². The molecule has 84 valence electrons. The van der Waals surface area contributed by atoms with Gasteiger partial charge in [0.25, 0.3) is 0 Å². The molecule has 0 saturated carbocycles. The number of aromatic nitrogens is 2. The molecule has 6 heteroatoms. The summed E-state index contributed by atoms with van der Waals surface area (Å²) in [4.78, 5) is 11.4. The smallest absolute Gasteiger partial charge is 0.205 e. The number of hydrazine groups is 1. The Balaban J connectivity index is 2.34. The van der Waals surface area contributed by atoms with Crippen molar-refractivity contribution in [3.05, 3.63) is 18.2 Å². The lowest BCUT2D eigenvalue weighted by atomic mass is 10.4. The molecule has 0 amide bonds. The number of nitrogens with one attached hydrogen (secondary N) is 3. The van der Waals surface area contributed by atoms with Crippen molar-refractivity contribution >= 4 is 5.96 Å². The Bertz CT molecular complexity index is 290. The van der Waals surface area contributed by atoms with Gasteiger partial charge in [-0.05, 0) is 13.8 Å². The number of guanidine groups is 1. The summed E-state index contributed by atoms with van der Waals surface area (Å²) in [7, 11) is 0. The quantitative estimate of drug-likeness (QED) is 0.239.